The highest BCUT2D eigenvalue weighted by Crippen LogP contribution is 2.06. The smallest absolute Gasteiger partial charge is 0.252 e. The first kappa shape index (κ1) is 11.0. The van der Waals surface area contributed by atoms with Gasteiger partial charge in [0, 0.05) is 42.5 Å². The molecule has 0 radical (unpaired) electrons. The molecule has 92 valence electrons. The molecule has 0 aliphatic rings. The maximum Gasteiger partial charge on any atom is 0.252 e. The molecule has 0 bridgehead atoms. The molecule has 0 aliphatic carbocycles. The molecule has 3 aromatic rings. The zero-order valence-electron chi connectivity index (χ0n) is 9.61. The molecule has 0 atom stereocenters. The van der Waals surface area contributed by atoms with Crippen LogP contribution in [0.25, 0.3) is 5.65 Å². The molecule has 1 N–H and O–H groups in total. The number of fused-ring (bicyclic) bond motifs is 1. The van der Waals surface area contributed by atoms with E-state index < -0.39 is 0 Å². The summed E-state index contributed by atoms with van der Waals surface area (Å²) < 4.78 is 3.86. The van der Waals surface area contributed by atoms with Gasteiger partial charge >= 0.3 is 0 Å². The molecule has 0 unspecified atom stereocenters. The molecular weight excluding hydrogens is 248 g/mol. The van der Waals surface area contributed by atoms with Crippen molar-refractivity contribution < 1.29 is 4.79 Å². The van der Waals surface area contributed by atoms with E-state index in [9.17, 15) is 4.79 Å². The zero-order valence-corrected chi connectivity index (χ0v) is 10.4. The van der Waals surface area contributed by atoms with Crippen molar-refractivity contribution >= 4 is 22.9 Å². The number of carbonyl (C=O) groups excluding carboxylic acids is 1. The number of aromatic nitrogens is 3. The fourth-order valence-corrected chi connectivity index (χ4v) is 2.48. The van der Waals surface area contributed by atoms with Crippen molar-refractivity contribution in [2.24, 2.45) is 0 Å². The summed E-state index contributed by atoms with van der Waals surface area (Å²) in [6.45, 7) is 1.34. The van der Waals surface area contributed by atoms with Gasteiger partial charge in [0.2, 0.25) is 0 Å². The van der Waals surface area contributed by atoms with Crippen LogP contribution in [0.5, 0.6) is 0 Å². The largest absolute Gasteiger partial charge is 0.350 e. The van der Waals surface area contributed by atoms with Crippen LogP contribution in [0.4, 0.5) is 0 Å². The summed E-state index contributed by atoms with van der Waals surface area (Å²) in [7, 11) is 0. The Hall–Kier alpha value is -2.08. The first-order valence-electron chi connectivity index (χ1n) is 5.63. The number of nitrogens with one attached hydrogen (secondary N) is 1. The molecule has 6 heteroatoms. The molecule has 0 spiro atoms. The van der Waals surface area contributed by atoms with Gasteiger partial charge in [-0.25, -0.2) is 4.52 Å². The van der Waals surface area contributed by atoms with Gasteiger partial charge in [0.1, 0.15) is 5.65 Å². The van der Waals surface area contributed by atoms with Crippen LogP contribution in [-0.2, 0) is 6.54 Å². The summed E-state index contributed by atoms with van der Waals surface area (Å²) in [4.78, 5) is 11.7. The van der Waals surface area contributed by atoms with Crippen LogP contribution in [0, 0.1) is 0 Å². The van der Waals surface area contributed by atoms with E-state index in [0.29, 0.717) is 6.54 Å². The van der Waals surface area contributed by atoms with Gasteiger partial charge in [-0.3, -0.25) is 4.79 Å². The minimum Gasteiger partial charge on any atom is -0.350 e. The van der Waals surface area contributed by atoms with Crippen molar-refractivity contribution in [2.45, 2.75) is 6.54 Å². The Morgan fingerprint density at radius 2 is 2.33 bits per heavy atom. The quantitative estimate of drug-likeness (QED) is 0.775. The average Bonchev–Trinajstić information content (AvgIpc) is 3.07. The first-order valence-corrected chi connectivity index (χ1v) is 6.58. The topological polar surface area (TPSA) is 51.3 Å². The number of hydrogen-bond donors (Lipinski definition) is 1. The Kier molecular flexibility index (Phi) is 2.85. The predicted octanol–water partition coefficient (Wildman–Crippen LogP) is 1.63. The Bertz CT molecular complexity index is 653. The summed E-state index contributed by atoms with van der Waals surface area (Å²) in [5, 5.41) is 10.8. The van der Waals surface area contributed by atoms with Gasteiger partial charge in [-0.05, 0) is 11.4 Å². The van der Waals surface area contributed by atoms with Crippen LogP contribution < -0.4 is 5.32 Å². The van der Waals surface area contributed by atoms with E-state index in [4.69, 9.17) is 0 Å². The van der Waals surface area contributed by atoms with E-state index in [0.717, 1.165) is 17.8 Å². The maximum absolute atomic E-state index is 11.7. The van der Waals surface area contributed by atoms with Crippen molar-refractivity contribution in [1.29, 1.82) is 0 Å². The zero-order chi connectivity index (χ0) is 12.4. The average molecular weight is 260 g/mol. The second-order valence-electron chi connectivity index (χ2n) is 3.89. The van der Waals surface area contributed by atoms with Crippen LogP contribution in [0.15, 0.2) is 41.5 Å². The number of rotatable bonds is 4. The third-order valence-corrected chi connectivity index (χ3v) is 3.44. The number of imidazole rings is 1. The summed E-state index contributed by atoms with van der Waals surface area (Å²) in [5.41, 5.74) is 1.75. The molecule has 3 rings (SSSR count). The molecule has 0 saturated carbocycles. The van der Waals surface area contributed by atoms with E-state index in [1.807, 2.05) is 35.3 Å². The molecule has 3 heterocycles. The van der Waals surface area contributed by atoms with Crippen molar-refractivity contribution in [3.63, 3.8) is 0 Å². The third-order valence-electron chi connectivity index (χ3n) is 2.75. The molecule has 3 aromatic heterocycles. The highest BCUT2D eigenvalue weighted by atomic mass is 32.1. The standard InChI is InChI=1S/C12H12N4OS/c17-12(10-2-8-18-9-10)13-4-5-15-6-7-16-11(15)1-3-14-16/h1-3,6-9H,4-5H2,(H,13,17). The van der Waals surface area contributed by atoms with E-state index in [1.165, 1.54) is 11.3 Å². The van der Waals surface area contributed by atoms with Gasteiger partial charge in [0.05, 0.1) is 6.20 Å². The number of carbonyl (C=O) groups is 1. The van der Waals surface area contributed by atoms with E-state index in [2.05, 4.69) is 15.0 Å². The lowest BCUT2D eigenvalue weighted by atomic mass is 10.3. The molecule has 0 saturated heterocycles. The lowest BCUT2D eigenvalue weighted by Crippen LogP contribution is -2.26. The minimum absolute atomic E-state index is 0.0204. The fourth-order valence-electron chi connectivity index (χ4n) is 1.84. The van der Waals surface area contributed by atoms with Gasteiger partial charge in [0.15, 0.2) is 0 Å². The Balaban J connectivity index is 1.59. The van der Waals surface area contributed by atoms with E-state index in [-0.39, 0.29) is 5.91 Å². The summed E-state index contributed by atoms with van der Waals surface area (Å²) in [6.07, 6.45) is 5.62. The summed E-state index contributed by atoms with van der Waals surface area (Å²) in [6, 6.07) is 3.77. The third kappa shape index (κ3) is 2.02. The number of amides is 1. The summed E-state index contributed by atoms with van der Waals surface area (Å²) in [5.74, 6) is -0.0204. The molecule has 1 amide bonds. The van der Waals surface area contributed by atoms with Crippen molar-refractivity contribution in [1.82, 2.24) is 19.5 Å². The molecule has 5 nitrogen and oxygen atoms in total. The van der Waals surface area contributed by atoms with Gasteiger partial charge in [0.25, 0.3) is 5.91 Å². The van der Waals surface area contributed by atoms with Gasteiger partial charge in [-0.1, -0.05) is 0 Å². The van der Waals surface area contributed by atoms with Crippen LogP contribution in [-0.4, -0.2) is 26.6 Å². The normalized spacial score (nSPS) is 10.9. The van der Waals surface area contributed by atoms with E-state index in [1.54, 1.807) is 10.7 Å². The van der Waals surface area contributed by atoms with Crippen LogP contribution in [0.1, 0.15) is 10.4 Å². The van der Waals surface area contributed by atoms with E-state index >= 15 is 0 Å². The monoisotopic (exact) mass is 260 g/mol. The Labute approximate surface area is 108 Å². The number of nitrogens with zero attached hydrogens (tertiary/aromatic N) is 3. The molecule has 18 heavy (non-hydrogen) atoms. The summed E-state index contributed by atoms with van der Waals surface area (Å²) >= 11 is 1.52. The van der Waals surface area contributed by atoms with Crippen LogP contribution in [0.3, 0.4) is 0 Å². The molecular formula is C12H12N4OS. The lowest BCUT2D eigenvalue weighted by molar-refractivity contribution is 0.0953. The highest BCUT2D eigenvalue weighted by Gasteiger charge is 2.05. The maximum atomic E-state index is 11.7. The molecule has 0 aliphatic heterocycles. The number of hydrogen-bond acceptors (Lipinski definition) is 3. The predicted molar refractivity (Wildman–Crippen MR) is 69.8 cm³/mol. The van der Waals surface area contributed by atoms with Gasteiger partial charge < -0.3 is 9.88 Å². The second-order valence-corrected chi connectivity index (χ2v) is 4.67. The molecule has 0 fully saturated rings. The minimum atomic E-state index is -0.0204. The number of thiophene rings is 1. The Morgan fingerprint density at radius 3 is 3.17 bits per heavy atom. The lowest BCUT2D eigenvalue weighted by Gasteiger charge is -2.05. The first-order chi connectivity index (χ1) is 8.84. The molecule has 0 aromatic carbocycles. The van der Waals surface area contributed by atoms with Crippen LogP contribution >= 0.6 is 11.3 Å². The van der Waals surface area contributed by atoms with Gasteiger partial charge in [-0.2, -0.15) is 16.4 Å². The van der Waals surface area contributed by atoms with Crippen molar-refractivity contribution in [3.05, 3.63) is 47.0 Å². The van der Waals surface area contributed by atoms with Crippen LogP contribution in [0.2, 0.25) is 0 Å². The van der Waals surface area contributed by atoms with Crippen molar-refractivity contribution in [2.75, 3.05) is 6.54 Å². The highest BCUT2D eigenvalue weighted by molar-refractivity contribution is 7.08. The van der Waals surface area contributed by atoms with Crippen molar-refractivity contribution in [3.8, 4) is 0 Å². The second kappa shape index (κ2) is 4.66. The SMILES string of the molecule is O=C(NCCn1ccn2nccc12)c1ccsc1. The Morgan fingerprint density at radius 1 is 1.39 bits per heavy atom. The fraction of sp³-hybridized carbons (Fsp3) is 0.167. The van der Waals surface area contributed by atoms with Gasteiger partial charge in [-0.15, -0.1) is 0 Å².